The van der Waals surface area contributed by atoms with E-state index in [0.29, 0.717) is 18.0 Å². The zero-order valence-electron chi connectivity index (χ0n) is 14.2. The van der Waals surface area contributed by atoms with E-state index in [1.54, 1.807) is 7.11 Å². The van der Waals surface area contributed by atoms with E-state index in [-0.39, 0.29) is 29.8 Å². The maximum atomic E-state index is 13.3. The third kappa shape index (κ3) is 3.80. The van der Waals surface area contributed by atoms with Gasteiger partial charge in [0, 0.05) is 30.8 Å². The van der Waals surface area contributed by atoms with Crippen molar-refractivity contribution in [2.45, 2.75) is 13.0 Å². The van der Waals surface area contributed by atoms with E-state index in [4.69, 9.17) is 16.3 Å². The van der Waals surface area contributed by atoms with Crippen LogP contribution in [0.3, 0.4) is 0 Å². The highest BCUT2D eigenvalue weighted by molar-refractivity contribution is 6.31. The van der Waals surface area contributed by atoms with E-state index in [2.05, 4.69) is 5.32 Å². The second kappa shape index (κ2) is 7.74. The Balaban J connectivity index is 1.64. The number of nitrogens with zero attached hydrogens (tertiary/aromatic N) is 1. The first-order valence-corrected chi connectivity index (χ1v) is 8.52. The molecule has 0 radical (unpaired) electrons. The van der Waals surface area contributed by atoms with Crippen LogP contribution in [-0.4, -0.2) is 25.5 Å². The molecule has 1 N–H and O–H groups in total. The van der Waals surface area contributed by atoms with Gasteiger partial charge in [-0.15, -0.1) is 0 Å². The van der Waals surface area contributed by atoms with Gasteiger partial charge in [-0.05, 0) is 24.3 Å². The fourth-order valence-electron chi connectivity index (χ4n) is 2.96. The molecule has 1 aliphatic heterocycles. The van der Waals surface area contributed by atoms with Crippen LogP contribution in [0, 0.1) is 11.7 Å². The number of hydrogen-bond acceptors (Lipinski definition) is 3. The number of para-hydroxylation sites is 1. The van der Waals surface area contributed by atoms with Gasteiger partial charge in [0.1, 0.15) is 11.6 Å². The molecular formula is C19H18ClFN2O3. The molecule has 136 valence electrons. The molecule has 5 nitrogen and oxygen atoms in total. The number of anilines is 1. The Hall–Kier alpha value is -2.60. The quantitative estimate of drug-likeness (QED) is 0.872. The van der Waals surface area contributed by atoms with Crippen molar-refractivity contribution in [1.82, 2.24) is 5.32 Å². The first kappa shape index (κ1) is 18.2. The SMILES string of the molecule is COc1ccccc1CNC(=O)[C@H]1CC(=O)N(c2ccc(F)c(Cl)c2)C1. The summed E-state index contributed by atoms with van der Waals surface area (Å²) in [6.45, 7) is 0.550. The maximum absolute atomic E-state index is 13.3. The molecule has 1 aliphatic rings. The summed E-state index contributed by atoms with van der Waals surface area (Å²) in [6.07, 6.45) is 0.104. The number of amides is 2. The van der Waals surface area contributed by atoms with Crippen LogP contribution in [0.4, 0.5) is 10.1 Å². The Kier molecular flexibility index (Phi) is 5.42. The van der Waals surface area contributed by atoms with Gasteiger partial charge in [0.15, 0.2) is 0 Å². The van der Waals surface area contributed by atoms with Gasteiger partial charge in [-0.25, -0.2) is 4.39 Å². The molecule has 1 heterocycles. The number of hydrogen-bond donors (Lipinski definition) is 1. The summed E-state index contributed by atoms with van der Waals surface area (Å²) in [7, 11) is 1.57. The normalized spacial score (nSPS) is 16.7. The highest BCUT2D eigenvalue weighted by Gasteiger charge is 2.35. The predicted octanol–water partition coefficient (Wildman–Crippen LogP) is 3.16. The first-order valence-electron chi connectivity index (χ1n) is 8.14. The van der Waals surface area contributed by atoms with Crippen LogP contribution >= 0.6 is 11.6 Å². The number of halogens is 2. The molecule has 2 amide bonds. The monoisotopic (exact) mass is 376 g/mol. The molecule has 2 aromatic carbocycles. The minimum absolute atomic E-state index is 0.0561. The first-order chi connectivity index (χ1) is 12.5. The molecule has 1 fully saturated rings. The highest BCUT2D eigenvalue weighted by Crippen LogP contribution is 2.28. The van der Waals surface area contributed by atoms with Gasteiger partial charge in [0.25, 0.3) is 0 Å². The lowest BCUT2D eigenvalue weighted by Gasteiger charge is -2.17. The van der Waals surface area contributed by atoms with Gasteiger partial charge in [0.05, 0.1) is 18.1 Å². The molecule has 0 saturated carbocycles. The van der Waals surface area contributed by atoms with Gasteiger partial charge < -0.3 is 15.0 Å². The van der Waals surface area contributed by atoms with Crippen LogP contribution in [0.2, 0.25) is 5.02 Å². The summed E-state index contributed by atoms with van der Waals surface area (Å²) in [5.74, 6) is -0.725. The third-order valence-corrected chi connectivity index (χ3v) is 4.65. The molecular weight excluding hydrogens is 359 g/mol. The average Bonchev–Trinajstić information content (AvgIpc) is 3.04. The summed E-state index contributed by atoms with van der Waals surface area (Å²) < 4.78 is 18.6. The van der Waals surface area contributed by atoms with Crippen molar-refractivity contribution in [3.05, 3.63) is 58.9 Å². The zero-order chi connectivity index (χ0) is 18.7. The van der Waals surface area contributed by atoms with Gasteiger partial charge in [0.2, 0.25) is 11.8 Å². The second-order valence-electron chi connectivity index (χ2n) is 6.03. The van der Waals surface area contributed by atoms with Crippen LogP contribution in [0.1, 0.15) is 12.0 Å². The zero-order valence-corrected chi connectivity index (χ0v) is 14.9. The Morgan fingerprint density at radius 2 is 2.12 bits per heavy atom. The summed E-state index contributed by atoms with van der Waals surface area (Å²) in [6, 6.07) is 11.5. The van der Waals surface area contributed by atoms with E-state index in [0.717, 1.165) is 5.56 Å². The van der Waals surface area contributed by atoms with Gasteiger partial charge in [-0.2, -0.15) is 0 Å². The van der Waals surface area contributed by atoms with Crippen molar-refractivity contribution in [3.63, 3.8) is 0 Å². The van der Waals surface area contributed by atoms with E-state index in [1.165, 1.54) is 23.1 Å². The molecule has 1 atom stereocenters. The minimum atomic E-state index is -0.548. The summed E-state index contributed by atoms with van der Waals surface area (Å²) in [5.41, 5.74) is 1.34. The largest absolute Gasteiger partial charge is 0.496 e. The van der Waals surface area contributed by atoms with Crippen LogP contribution in [0.15, 0.2) is 42.5 Å². The molecule has 0 aliphatic carbocycles. The lowest BCUT2D eigenvalue weighted by Crippen LogP contribution is -2.32. The Labute approximate surface area is 155 Å². The fraction of sp³-hybridized carbons (Fsp3) is 0.263. The molecule has 26 heavy (non-hydrogen) atoms. The summed E-state index contributed by atoms with van der Waals surface area (Å²) in [5, 5.41) is 2.79. The smallest absolute Gasteiger partial charge is 0.227 e. The number of ether oxygens (including phenoxy) is 1. The molecule has 3 rings (SSSR count). The number of benzene rings is 2. The van der Waals surface area contributed by atoms with Crippen molar-refractivity contribution in [3.8, 4) is 5.75 Å². The van der Waals surface area contributed by atoms with E-state index in [9.17, 15) is 14.0 Å². The Morgan fingerprint density at radius 1 is 1.35 bits per heavy atom. The van der Waals surface area contributed by atoms with Crippen molar-refractivity contribution < 1.29 is 18.7 Å². The van der Waals surface area contributed by atoms with Gasteiger partial charge >= 0.3 is 0 Å². The Morgan fingerprint density at radius 3 is 2.85 bits per heavy atom. The van der Waals surface area contributed by atoms with Crippen LogP contribution < -0.4 is 15.0 Å². The van der Waals surface area contributed by atoms with E-state index >= 15 is 0 Å². The van der Waals surface area contributed by atoms with Crippen molar-refractivity contribution in [1.29, 1.82) is 0 Å². The lowest BCUT2D eigenvalue weighted by atomic mass is 10.1. The number of rotatable bonds is 5. The fourth-order valence-corrected chi connectivity index (χ4v) is 3.14. The second-order valence-corrected chi connectivity index (χ2v) is 6.44. The number of carbonyl (C=O) groups is 2. The predicted molar refractivity (Wildman–Crippen MR) is 96.7 cm³/mol. The molecule has 2 aromatic rings. The molecule has 1 saturated heterocycles. The third-order valence-electron chi connectivity index (χ3n) is 4.36. The molecule has 0 bridgehead atoms. The summed E-state index contributed by atoms with van der Waals surface area (Å²) >= 11 is 5.78. The topological polar surface area (TPSA) is 58.6 Å². The maximum Gasteiger partial charge on any atom is 0.227 e. The van der Waals surface area contributed by atoms with Crippen LogP contribution in [-0.2, 0) is 16.1 Å². The summed E-state index contributed by atoms with van der Waals surface area (Å²) in [4.78, 5) is 26.2. The van der Waals surface area contributed by atoms with Crippen molar-refractivity contribution >= 4 is 29.1 Å². The minimum Gasteiger partial charge on any atom is -0.496 e. The van der Waals surface area contributed by atoms with Crippen molar-refractivity contribution in [2.24, 2.45) is 5.92 Å². The van der Waals surface area contributed by atoms with E-state index < -0.39 is 11.7 Å². The number of methoxy groups -OCH3 is 1. The van der Waals surface area contributed by atoms with Gasteiger partial charge in [-0.3, -0.25) is 9.59 Å². The van der Waals surface area contributed by atoms with E-state index in [1.807, 2.05) is 24.3 Å². The van der Waals surface area contributed by atoms with Crippen LogP contribution in [0.5, 0.6) is 5.75 Å². The molecule has 0 unspecified atom stereocenters. The van der Waals surface area contributed by atoms with Crippen molar-refractivity contribution in [2.75, 3.05) is 18.6 Å². The standard InChI is InChI=1S/C19H18ClFN2O3/c1-26-17-5-3-2-4-12(17)10-22-19(25)13-8-18(24)23(11-13)14-6-7-16(21)15(20)9-14/h2-7,9,13H,8,10-11H2,1H3,(H,22,25)/t13-/m0/s1. The lowest BCUT2D eigenvalue weighted by molar-refractivity contribution is -0.126. The molecule has 7 heteroatoms. The molecule has 0 spiro atoms. The number of nitrogens with one attached hydrogen (secondary N) is 1. The Bertz CT molecular complexity index is 843. The molecule has 0 aromatic heterocycles. The van der Waals surface area contributed by atoms with Gasteiger partial charge in [-0.1, -0.05) is 29.8 Å². The van der Waals surface area contributed by atoms with Crippen LogP contribution in [0.25, 0.3) is 0 Å². The highest BCUT2D eigenvalue weighted by atomic mass is 35.5. The number of carbonyl (C=O) groups excluding carboxylic acids is 2. The average molecular weight is 377 g/mol.